The first-order valence-corrected chi connectivity index (χ1v) is 7.20. The van der Waals surface area contributed by atoms with Crippen LogP contribution in [0.5, 0.6) is 5.88 Å². The van der Waals surface area contributed by atoms with Gasteiger partial charge in [0.2, 0.25) is 5.88 Å². The minimum absolute atomic E-state index is 0.278. The highest BCUT2D eigenvalue weighted by Gasteiger charge is 2.25. The number of nitrogens with zero attached hydrogens (tertiary/aromatic N) is 3. The van der Waals surface area contributed by atoms with Crippen molar-refractivity contribution in [2.75, 3.05) is 20.3 Å². The van der Waals surface area contributed by atoms with Gasteiger partial charge >= 0.3 is 0 Å². The number of imidazole rings is 1. The van der Waals surface area contributed by atoms with E-state index in [9.17, 15) is 0 Å². The van der Waals surface area contributed by atoms with Crippen molar-refractivity contribution in [1.82, 2.24) is 19.5 Å². The van der Waals surface area contributed by atoms with Crippen LogP contribution in [0.3, 0.4) is 0 Å². The fourth-order valence-electron chi connectivity index (χ4n) is 2.86. The van der Waals surface area contributed by atoms with Gasteiger partial charge in [-0.15, -0.1) is 0 Å². The predicted molar refractivity (Wildman–Crippen MR) is 77.5 cm³/mol. The van der Waals surface area contributed by atoms with E-state index in [0.717, 1.165) is 37.2 Å². The minimum Gasteiger partial charge on any atom is -0.479 e. The SMILES string of the molecule is COc1ncnc2c1[nH]c(=S)n2C(C)C1CCOCC1. The number of ether oxygens (including phenoxy) is 2. The molecule has 20 heavy (non-hydrogen) atoms. The van der Waals surface area contributed by atoms with E-state index in [1.807, 2.05) is 0 Å². The summed E-state index contributed by atoms with van der Waals surface area (Å²) < 4.78 is 13.4. The molecule has 1 aliphatic heterocycles. The monoisotopic (exact) mass is 294 g/mol. The van der Waals surface area contributed by atoms with Gasteiger partial charge in [0.1, 0.15) is 11.8 Å². The van der Waals surface area contributed by atoms with Gasteiger partial charge in [0.05, 0.1) is 7.11 Å². The van der Waals surface area contributed by atoms with Crippen molar-refractivity contribution < 1.29 is 9.47 Å². The Morgan fingerprint density at radius 3 is 2.90 bits per heavy atom. The molecule has 0 saturated carbocycles. The summed E-state index contributed by atoms with van der Waals surface area (Å²) in [5.41, 5.74) is 1.57. The molecule has 0 aromatic carbocycles. The van der Waals surface area contributed by atoms with E-state index in [-0.39, 0.29) is 6.04 Å². The molecule has 0 radical (unpaired) electrons. The third-order valence-corrected chi connectivity index (χ3v) is 4.32. The summed E-state index contributed by atoms with van der Waals surface area (Å²) in [6, 6.07) is 0.278. The first kappa shape index (κ1) is 13.5. The van der Waals surface area contributed by atoms with Gasteiger partial charge in [-0.2, -0.15) is 4.98 Å². The molecule has 0 spiro atoms. The normalized spacial score (nSPS) is 18.3. The molecule has 1 aliphatic rings. The van der Waals surface area contributed by atoms with E-state index in [0.29, 0.717) is 16.6 Å². The molecule has 3 rings (SSSR count). The molecule has 2 aromatic rings. The van der Waals surface area contributed by atoms with Gasteiger partial charge in [0.15, 0.2) is 10.4 Å². The Morgan fingerprint density at radius 2 is 2.20 bits per heavy atom. The van der Waals surface area contributed by atoms with Gasteiger partial charge in [-0.3, -0.25) is 4.57 Å². The number of H-pyrrole nitrogens is 1. The molecule has 3 heterocycles. The van der Waals surface area contributed by atoms with Crippen LogP contribution in [-0.2, 0) is 4.74 Å². The maximum Gasteiger partial charge on any atom is 0.242 e. The van der Waals surface area contributed by atoms with Crippen molar-refractivity contribution in [2.45, 2.75) is 25.8 Å². The highest BCUT2D eigenvalue weighted by Crippen LogP contribution is 2.31. The first-order valence-electron chi connectivity index (χ1n) is 6.79. The third-order valence-electron chi connectivity index (χ3n) is 4.02. The Hall–Kier alpha value is -1.47. The average Bonchev–Trinajstić information content (AvgIpc) is 2.83. The third kappa shape index (κ3) is 2.20. The number of fused-ring (bicyclic) bond motifs is 1. The smallest absolute Gasteiger partial charge is 0.242 e. The lowest BCUT2D eigenvalue weighted by Gasteiger charge is -2.28. The number of rotatable bonds is 3. The summed E-state index contributed by atoms with van der Waals surface area (Å²) in [6.45, 7) is 3.83. The summed E-state index contributed by atoms with van der Waals surface area (Å²) >= 11 is 5.46. The topological polar surface area (TPSA) is 65.0 Å². The highest BCUT2D eigenvalue weighted by molar-refractivity contribution is 7.71. The second kappa shape index (κ2) is 5.49. The molecular weight excluding hydrogens is 276 g/mol. The van der Waals surface area contributed by atoms with Crippen LogP contribution < -0.4 is 4.74 Å². The quantitative estimate of drug-likeness (QED) is 0.881. The van der Waals surface area contributed by atoms with Crippen LogP contribution in [-0.4, -0.2) is 39.8 Å². The van der Waals surface area contributed by atoms with E-state index in [1.54, 1.807) is 7.11 Å². The van der Waals surface area contributed by atoms with Crippen molar-refractivity contribution in [3.8, 4) is 5.88 Å². The zero-order valence-electron chi connectivity index (χ0n) is 11.6. The Morgan fingerprint density at radius 1 is 1.45 bits per heavy atom. The van der Waals surface area contributed by atoms with Crippen molar-refractivity contribution in [1.29, 1.82) is 0 Å². The van der Waals surface area contributed by atoms with Gasteiger partial charge in [-0.05, 0) is 37.9 Å². The van der Waals surface area contributed by atoms with E-state index in [1.165, 1.54) is 6.33 Å². The fraction of sp³-hybridized carbons (Fsp3) is 0.615. The molecule has 0 aliphatic carbocycles. The molecule has 1 N–H and O–H groups in total. The Balaban J connectivity index is 2.06. The molecule has 0 amide bonds. The highest BCUT2D eigenvalue weighted by atomic mass is 32.1. The van der Waals surface area contributed by atoms with E-state index in [4.69, 9.17) is 21.7 Å². The maximum atomic E-state index is 5.46. The minimum atomic E-state index is 0.278. The lowest BCUT2D eigenvalue weighted by molar-refractivity contribution is 0.0516. The second-order valence-corrected chi connectivity index (χ2v) is 5.46. The van der Waals surface area contributed by atoms with E-state index in [2.05, 4.69) is 26.4 Å². The van der Waals surface area contributed by atoms with Crippen molar-refractivity contribution >= 4 is 23.4 Å². The number of aromatic nitrogens is 4. The lowest BCUT2D eigenvalue weighted by Crippen LogP contribution is -2.24. The number of methoxy groups -OCH3 is 1. The van der Waals surface area contributed by atoms with Gasteiger partial charge in [0.25, 0.3) is 0 Å². The van der Waals surface area contributed by atoms with Crippen molar-refractivity contribution in [3.63, 3.8) is 0 Å². The summed E-state index contributed by atoms with van der Waals surface area (Å²) in [7, 11) is 1.60. The molecule has 1 unspecified atom stereocenters. The molecule has 7 heteroatoms. The fourth-order valence-corrected chi connectivity index (χ4v) is 3.21. The number of nitrogens with one attached hydrogen (secondary N) is 1. The molecular formula is C13H18N4O2S. The van der Waals surface area contributed by atoms with Crippen LogP contribution >= 0.6 is 12.2 Å². The standard InChI is InChI=1S/C13H18N4O2S/c1-8(9-3-5-19-6-4-9)17-11-10(16-13(17)20)12(18-2)15-7-14-11/h7-9H,3-6H2,1-2H3,(H,16,20). The molecule has 1 fully saturated rings. The molecule has 6 nitrogen and oxygen atoms in total. The van der Waals surface area contributed by atoms with Crippen LogP contribution in [0.25, 0.3) is 11.2 Å². The zero-order chi connectivity index (χ0) is 14.1. The maximum absolute atomic E-state index is 5.46. The van der Waals surface area contributed by atoms with Crippen LogP contribution in [0, 0.1) is 10.7 Å². The molecule has 1 atom stereocenters. The van der Waals surface area contributed by atoms with Gasteiger partial charge < -0.3 is 14.5 Å². The van der Waals surface area contributed by atoms with Crippen LogP contribution in [0.2, 0.25) is 0 Å². The molecule has 0 bridgehead atoms. The summed E-state index contributed by atoms with van der Waals surface area (Å²) in [6.07, 6.45) is 3.62. The average molecular weight is 294 g/mol. The van der Waals surface area contributed by atoms with E-state index >= 15 is 0 Å². The van der Waals surface area contributed by atoms with Gasteiger partial charge in [0, 0.05) is 19.3 Å². The largest absolute Gasteiger partial charge is 0.479 e. The van der Waals surface area contributed by atoms with Crippen LogP contribution in [0.4, 0.5) is 0 Å². The van der Waals surface area contributed by atoms with Gasteiger partial charge in [-0.25, -0.2) is 4.98 Å². The Kier molecular flexibility index (Phi) is 3.71. The van der Waals surface area contributed by atoms with Gasteiger partial charge in [-0.1, -0.05) is 0 Å². The molecule has 2 aromatic heterocycles. The summed E-state index contributed by atoms with van der Waals surface area (Å²) in [5.74, 6) is 1.08. The number of aromatic amines is 1. The molecule has 1 saturated heterocycles. The van der Waals surface area contributed by atoms with E-state index < -0.39 is 0 Å². The van der Waals surface area contributed by atoms with Crippen molar-refractivity contribution in [3.05, 3.63) is 11.1 Å². The Labute approximate surface area is 122 Å². The zero-order valence-corrected chi connectivity index (χ0v) is 12.4. The first-order chi connectivity index (χ1) is 9.72. The van der Waals surface area contributed by atoms with Crippen LogP contribution in [0.15, 0.2) is 6.33 Å². The lowest BCUT2D eigenvalue weighted by atomic mass is 9.93. The van der Waals surface area contributed by atoms with Crippen LogP contribution in [0.1, 0.15) is 25.8 Å². The molecule has 108 valence electrons. The number of hydrogen-bond acceptors (Lipinski definition) is 5. The van der Waals surface area contributed by atoms with Crippen molar-refractivity contribution in [2.24, 2.45) is 5.92 Å². The Bertz CT molecular complexity index is 660. The second-order valence-electron chi connectivity index (χ2n) is 5.07. The summed E-state index contributed by atoms with van der Waals surface area (Å²) in [5, 5.41) is 0. The number of hydrogen-bond donors (Lipinski definition) is 1. The summed E-state index contributed by atoms with van der Waals surface area (Å²) in [4.78, 5) is 11.6. The predicted octanol–water partition coefficient (Wildman–Crippen LogP) is 2.49.